The second-order valence-corrected chi connectivity index (χ2v) is 18.4. The van der Waals surface area contributed by atoms with Crippen molar-refractivity contribution in [3.63, 3.8) is 0 Å². The molecule has 43 heavy (non-hydrogen) atoms. The summed E-state index contributed by atoms with van der Waals surface area (Å²) in [5.74, 6) is -0.0880. The van der Waals surface area contributed by atoms with Gasteiger partial charge in [0.2, 0.25) is 0 Å². The summed E-state index contributed by atoms with van der Waals surface area (Å²) >= 11 is 0. The fraction of sp³-hybridized carbons (Fsp3) is 0.571. The van der Waals surface area contributed by atoms with Gasteiger partial charge < -0.3 is 0 Å². The summed E-state index contributed by atoms with van der Waals surface area (Å²) in [5.41, 5.74) is 8.40. The molecule has 0 heterocycles. The third-order valence-corrected chi connectivity index (χ3v) is 7.85. The first-order valence-corrected chi connectivity index (χ1v) is 16.1. The van der Waals surface area contributed by atoms with E-state index in [0.717, 1.165) is 11.1 Å². The van der Waals surface area contributed by atoms with E-state index in [1.54, 1.807) is 6.07 Å². The monoisotopic (exact) mass is 589 g/mol. The normalized spacial score (nSPS) is 13.0. The first-order chi connectivity index (χ1) is 19.0. The van der Waals surface area contributed by atoms with E-state index in [1.165, 1.54) is 22.3 Å². The fourth-order valence-corrected chi connectivity index (χ4v) is 4.51. The first-order valence-electron chi connectivity index (χ1n) is 16.1. The Kier molecular flexibility index (Phi) is 12.3. The lowest BCUT2D eigenvalue weighted by atomic mass is 9.81. The van der Waals surface area contributed by atoms with Gasteiger partial charge in [-0.25, -0.2) is 4.39 Å². The van der Waals surface area contributed by atoms with Crippen LogP contribution in [0.25, 0.3) is 0 Å². The van der Waals surface area contributed by atoms with E-state index in [2.05, 4.69) is 152 Å². The van der Waals surface area contributed by atoms with Crippen LogP contribution >= 0.6 is 0 Å². The molecule has 0 spiro atoms. The third kappa shape index (κ3) is 12.6. The van der Waals surface area contributed by atoms with Crippen LogP contribution in [0.15, 0.2) is 66.7 Å². The Hall–Kier alpha value is -2.41. The van der Waals surface area contributed by atoms with E-state index in [-0.39, 0.29) is 38.3 Å². The number of rotatable bonds is 0. The highest BCUT2D eigenvalue weighted by molar-refractivity contribution is 5.34. The number of benzene rings is 3. The molecule has 0 nitrogen and oxygen atoms in total. The van der Waals surface area contributed by atoms with Crippen molar-refractivity contribution < 1.29 is 4.39 Å². The average Bonchev–Trinajstić information content (AvgIpc) is 2.81. The van der Waals surface area contributed by atoms with E-state index < -0.39 is 0 Å². The van der Waals surface area contributed by atoms with Gasteiger partial charge in [0.15, 0.2) is 0 Å². The molecule has 240 valence electrons. The Balaban J connectivity index is 0.000000323. The van der Waals surface area contributed by atoms with E-state index in [1.807, 2.05) is 32.9 Å². The second kappa shape index (κ2) is 13.7. The standard InChI is InChI=1S/C14H21F.2C14H22/c1-13(2,3)10-7-8-11(12(15)9-10)14(4,5)6;1-13(2,3)11-7-9-12(10-8-11)14(4,5)6;1-13(2,3)11-8-7-9-12(10-11)14(4,5)6/h7-9H,1-6H3;2*7-10H,1-6H3. The minimum Gasteiger partial charge on any atom is -0.207 e. The molecule has 3 aromatic carbocycles. The molecule has 0 saturated heterocycles. The minimum atomic E-state index is -0.125. The van der Waals surface area contributed by atoms with Crippen molar-refractivity contribution in [1.82, 2.24) is 0 Å². The smallest absolute Gasteiger partial charge is 0.127 e. The molecule has 3 aromatic rings. The molecular formula is C42H65F. The maximum absolute atomic E-state index is 13.9. The molecule has 3 rings (SSSR count). The van der Waals surface area contributed by atoms with Gasteiger partial charge >= 0.3 is 0 Å². The Morgan fingerprint density at radius 1 is 0.326 bits per heavy atom. The molecule has 0 amide bonds. The first kappa shape index (κ1) is 38.6. The summed E-state index contributed by atoms with van der Waals surface area (Å²) in [4.78, 5) is 0. The van der Waals surface area contributed by atoms with Gasteiger partial charge in [-0.05, 0) is 71.9 Å². The van der Waals surface area contributed by atoms with Crippen molar-refractivity contribution in [3.8, 4) is 0 Å². The van der Waals surface area contributed by atoms with Crippen LogP contribution in [0.4, 0.5) is 4.39 Å². The van der Waals surface area contributed by atoms with Crippen LogP contribution in [0.2, 0.25) is 0 Å². The van der Waals surface area contributed by atoms with Gasteiger partial charge in [0, 0.05) is 0 Å². The number of hydrogen-bond acceptors (Lipinski definition) is 0. The fourth-order valence-electron chi connectivity index (χ4n) is 4.51. The third-order valence-electron chi connectivity index (χ3n) is 7.85. The molecule has 0 bridgehead atoms. The summed E-state index contributed by atoms with van der Waals surface area (Å²) in [6, 6.07) is 23.5. The quantitative estimate of drug-likeness (QED) is 0.245. The summed E-state index contributed by atoms with van der Waals surface area (Å²) in [7, 11) is 0. The van der Waals surface area contributed by atoms with Crippen LogP contribution in [0.5, 0.6) is 0 Å². The summed E-state index contributed by atoms with van der Waals surface area (Å²) < 4.78 is 13.9. The highest BCUT2D eigenvalue weighted by Gasteiger charge is 2.22. The maximum atomic E-state index is 13.9. The maximum Gasteiger partial charge on any atom is 0.127 e. The Morgan fingerprint density at radius 2 is 0.605 bits per heavy atom. The molecule has 0 aliphatic rings. The van der Waals surface area contributed by atoms with Gasteiger partial charge in [-0.1, -0.05) is 185 Å². The van der Waals surface area contributed by atoms with Gasteiger partial charge in [-0.3, -0.25) is 0 Å². The zero-order valence-corrected chi connectivity index (χ0v) is 31.2. The van der Waals surface area contributed by atoms with Crippen LogP contribution in [0.3, 0.4) is 0 Å². The Bertz CT molecular complexity index is 1220. The number of halogens is 1. The second-order valence-electron chi connectivity index (χ2n) is 18.4. The minimum absolute atomic E-state index is 0.0112. The van der Waals surface area contributed by atoms with Crippen molar-refractivity contribution >= 4 is 0 Å². The van der Waals surface area contributed by atoms with Crippen LogP contribution in [0, 0.1) is 5.82 Å². The van der Waals surface area contributed by atoms with Gasteiger partial charge in [-0.2, -0.15) is 0 Å². The van der Waals surface area contributed by atoms with E-state index >= 15 is 0 Å². The molecular weight excluding hydrogens is 523 g/mol. The molecule has 0 radical (unpaired) electrons. The van der Waals surface area contributed by atoms with Crippen LogP contribution in [0.1, 0.15) is 158 Å². The summed E-state index contributed by atoms with van der Waals surface area (Å²) in [6.07, 6.45) is 0. The van der Waals surface area contributed by atoms with Crippen LogP contribution in [-0.2, 0) is 32.5 Å². The van der Waals surface area contributed by atoms with Crippen molar-refractivity contribution in [3.05, 3.63) is 106 Å². The van der Waals surface area contributed by atoms with Gasteiger partial charge in [-0.15, -0.1) is 0 Å². The van der Waals surface area contributed by atoms with Crippen LogP contribution in [-0.4, -0.2) is 0 Å². The lowest BCUT2D eigenvalue weighted by Gasteiger charge is -2.24. The largest absolute Gasteiger partial charge is 0.207 e. The van der Waals surface area contributed by atoms with Crippen molar-refractivity contribution in [2.45, 2.75) is 157 Å². The van der Waals surface area contributed by atoms with Crippen molar-refractivity contribution in [2.75, 3.05) is 0 Å². The zero-order chi connectivity index (χ0) is 33.8. The van der Waals surface area contributed by atoms with Gasteiger partial charge in [0.1, 0.15) is 5.82 Å². The molecule has 0 unspecified atom stereocenters. The SMILES string of the molecule is CC(C)(C)c1ccc(C(C)(C)C)c(F)c1.CC(C)(C)c1ccc(C(C)(C)C)cc1.CC(C)(C)c1cccc(C(C)(C)C)c1. The molecule has 0 saturated carbocycles. The van der Waals surface area contributed by atoms with Gasteiger partial charge in [0.05, 0.1) is 0 Å². The summed E-state index contributed by atoms with van der Waals surface area (Å²) in [6.45, 7) is 39.4. The molecule has 1 heteroatoms. The van der Waals surface area contributed by atoms with E-state index in [4.69, 9.17) is 0 Å². The highest BCUT2D eigenvalue weighted by atomic mass is 19.1. The lowest BCUT2D eigenvalue weighted by Crippen LogP contribution is -2.16. The van der Waals surface area contributed by atoms with Gasteiger partial charge in [0.25, 0.3) is 0 Å². The topological polar surface area (TPSA) is 0 Å². The molecule has 0 aliphatic heterocycles. The molecule has 0 atom stereocenters. The highest BCUT2D eigenvalue weighted by Crippen LogP contribution is 2.31. The molecule has 0 N–H and O–H groups in total. The Labute approximate surface area is 266 Å². The Morgan fingerprint density at radius 3 is 0.860 bits per heavy atom. The van der Waals surface area contributed by atoms with Crippen molar-refractivity contribution in [2.24, 2.45) is 0 Å². The number of hydrogen-bond donors (Lipinski definition) is 0. The molecule has 0 fully saturated rings. The van der Waals surface area contributed by atoms with Crippen molar-refractivity contribution in [1.29, 1.82) is 0 Å². The average molecular weight is 589 g/mol. The summed E-state index contributed by atoms with van der Waals surface area (Å²) in [5, 5.41) is 0. The predicted octanol–water partition coefficient (Wildman–Crippen LogP) is 13.0. The molecule has 0 aromatic heterocycles. The predicted molar refractivity (Wildman–Crippen MR) is 191 cm³/mol. The van der Waals surface area contributed by atoms with E-state index in [9.17, 15) is 4.39 Å². The molecule has 0 aliphatic carbocycles. The lowest BCUT2D eigenvalue weighted by molar-refractivity contribution is 0.513. The zero-order valence-electron chi connectivity index (χ0n) is 31.2. The van der Waals surface area contributed by atoms with E-state index in [0.29, 0.717) is 0 Å². The van der Waals surface area contributed by atoms with Crippen LogP contribution < -0.4 is 0 Å².